The number of nitrogens with two attached hydrogens (primary N) is 1. The Hall–Kier alpha value is -1.49. The minimum absolute atomic E-state index is 0.261. The lowest BCUT2D eigenvalue weighted by atomic mass is 10.2. The Labute approximate surface area is 101 Å². The lowest BCUT2D eigenvalue weighted by molar-refractivity contribution is 0.0269. The van der Waals surface area contributed by atoms with E-state index < -0.39 is 0 Å². The summed E-state index contributed by atoms with van der Waals surface area (Å²) in [6, 6.07) is 1.59. The van der Waals surface area contributed by atoms with Crippen LogP contribution in [0.5, 0.6) is 0 Å². The summed E-state index contributed by atoms with van der Waals surface area (Å²) in [5.74, 6) is 0.107. The molecule has 0 aliphatic rings. The Balaban J connectivity index is 2.28. The summed E-state index contributed by atoms with van der Waals surface area (Å²) in [7, 11) is 1.75. The van der Waals surface area contributed by atoms with Crippen LogP contribution in [-0.2, 0) is 16.5 Å². The number of ether oxygens (including phenoxy) is 2. The topological polar surface area (TPSA) is 66.5 Å². The van der Waals surface area contributed by atoms with E-state index in [2.05, 4.69) is 13.8 Å². The maximum Gasteiger partial charge on any atom is 0.355 e. The first-order valence-corrected chi connectivity index (χ1v) is 5.67. The third-order valence-electron chi connectivity index (χ3n) is 2.15. The molecule has 0 unspecified atom stereocenters. The zero-order valence-electron chi connectivity index (χ0n) is 10.6. The van der Waals surface area contributed by atoms with Crippen molar-refractivity contribution in [2.75, 3.05) is 25.6 Å². The summed E-state index contributed by atoms with van der Waals surface area (Å²) in [6.07, 6.45) is 1.67. The fourth-order valence-electron chi connectivity index (χ4n) is 1.38. The van der Waals surface area contributed by atoms with Gasteiger partial charge in [0, 0.05) is 19.9 Å². The number of aryl methyl sites for hydroxylation is 1. The molecule has 0 atom stereocenters. The standard InChI is InChI=1S/C12H20N2O3/c1-9(2)8-16-4-5-17-12(15)11-6-10(13)7-14(11)3/h6-7,9H,4-5,8,13H2,1-3H3. The van der Waals surface area contributed by atoms with Crippen molar-refractivity contribution in [1.82, 2.24) is 4.57 Å². The SMILES string of the molecule is CC(C)COCCOC(=O)c1cc(N)cn1C. The van der Waals surface area contributed by atoms with E-state index in [1.54, 1.807) is 23.9 Å². The highest BCUT2D eigenvalue weighted by Gasteiger charge is 2.11. The average molecular weight is 240 g/mol. The number of esters is 1. The van der Waals surface area contributed by atoms with E-state index in [-0.39, 0.29) is 12.6 Å². The van der Waals surface area contributed by atoms with Crippen molar-refractivity contribution < 1.29 is 14.3 Å². The molecule has 2 N–H and O–H groups in total. The molecule has 1 aromatic rings. The quantitative estimate of drug-likeness (QED) is 0.603. The maximum absolute atomic E-state index is 11.6. The highest BCUT2D eigenvalue weighted by molar-refractivity contribution is 5.89. The normalized spacial score (nSPS) is 10.8. The molecule has 0 aromatic carbocycles. The van der Waals surface area contributed by atoms with Gasteiger partial charge >= 0.3 is 5.97 Å². The zero-order valence-corrected chi connectivity index (χ0v) is 10.6. The Morgan fingerprint density at radius 2 is 2.18 bits per heavy atom. The largest absolute Gasteiger partial charge is 0.459 e. The molecule has 0 aliphatic carbocycles. The molecule has 5 heteroatoms. The van der Waals surface area contributed by atoms with Crippen LogP contribution in [0.25, 0.3) is 0 Å². The van der Waals surface area contributed by atoms with Gasteiger partial charge in [0.15, 0.2) is 0 Å². The molecule has 1 rings (SSSR count). The Morgan fingerprint density at radius 1 is 1.47 bits per heavy atom. The Morgan fingerprint density at radius 3 is 2.71 bits per heavy atom. The fraction of sp³-hybridized carbons (Fsp3) is 0.583. The third kappa shape index (κ3) is 4.48. The first-order chi connectivity index (χ1) is 8.00. The van der Waals surface area contributed by atoms with Crippen LogP contribution in [0.3, 0.4) is 0 Å². The van der Waals surface area contributed by atoms with E-state index in [9.17, 15) is 4.79 Å². The molecule has 17 heavy (non-hydrogen) atoms. The molecule has 0 spiro atoms. The van der Waals surface area contributed by atoms with E-state index in [1.807, 2.05) is 0 Å². The van der Waals surface area contributed by atoms with Gasteiger partial charge in [-0.3, -0.25) is 0 Å². The number of aromatic nitrogens is 1. The number of rotatable bonds is 6. The van der Waals surface area contributed by atoms with Gasteiger partial charge in [0.05, 0.1) is 12.3 Å². The highest BCUT2D eigenvalue weighted by atomic mass is 16.6. The van der Waals surface area contributed by atoms with Gasteiger partial charge in [-0.15, -0.1) is 0 Å². The van der Waals surface area contributed by atoms with Gasteiger partial charge in [-0.05, 0) is 12.0 Å². The van der Waals surface area contributed by atoms with Gasteiger partial charge < -0.3 is 19.8 Å². The van der Waals surface area contributed by atoms with Gasteiger partial charge in [0.25, 0.3) is 0 Å². The summed E-state index contributed by atoms with van der Waals surface area (Å²) in [5.41, 5.74) is 6.58. The predicted octanol–water partition coefficient (Wildman–Crippen LogP) is 1.44. The van der Waals surface area contributed by atoms with E-state index in [4.69, 9.17) is 15.2 Å². The van der Waals surface area contributed by atoms with Crippen LogP contribution in [0.15, 0.2) is 12.3 Å². The second-order valence-corrected chi connectivity index (χ2v) is 4.37. The number of nitrogens with zero attached hydrogens (tertiary/aromatic N) is 1. The van der Waals surface area contributed by atoms with Crippen LogP contribution in [0.1, 0.15) is 24.3 Å². The van der Waals surface area contributed by atoms with Crippen LogP contribution in [0.2, 0.25) is 0 Å². The lowest BCUT2D eigenvalue weighted by Gasteiger charge is -2.08. The molecule has 96 valence electrons. The van der Waals surface area contributed by atoms with Crippen LogP contribution in [0, 0.1) is 5.92 Å². The van der Waals surface area contributed by atoms with Crippen molar-refractivity contribution in [3.63, 3.8) is 0 Å². The molecule has 0 bridgehead atoms. The monoisotopic (exact) mass is 240 g/mol. The van der Waals surface area contributed by atoms with Crippen molar-refractivity contribution in [3.05, 3.63) is 18.0 Å². The van der Waals surface area contributed by atoms with Crippen LogP contribution >= 0.6 is 0 Å². The second kappa shape index (κ2) is 6.30. The number of hydrogen-bond donors (Lipinski definition) is 1. The molecular weight excluding hydrogens is 220 g/mol. The average Bonchev–Trinajstić information content (AvgIpc) is 2.56. The van der Waals surface area contributed by atoms with E-state index in [1.165, 1.54) is 0 Å². The van der Waals surface area contributed by atoms with Crippen molar-refractivity contribution in [2.24, 2.45) is 13.0 Å². The molecule has 0 aliphatic heterocycles. The number of carbonyl (C=O) groups excluding carboxylic acids is 1. The zero-order chi connectivity index (χ0) is 12.8. The second-order valence-electron chi connectivity index (χ2n) is 4.37. The first kappa shape index (κ1) is 13.6. The van der Waals surface area contributed by atoms with E-state index >= 15 is 0 Å². The molecular formula is C12H20N2O3. The summed E-state index contributed by atoms with van der Waals surface area (Å²) in [4.78, 5) is 11.6. The summed E-state index contributed by atoms with van der Waals surface area (Å²) >= 11 is 0. The van der Waals surface area contributed by atoms with E-state index in [0.29, 0.717) is 30.5 Å². The molecule has 0 radical (unpaired) electrons. The highest BCUT2D eigenvalue weighted by Crippen LogP contribution is 2.09. The Bertz CT molecular complexity index is 372. The molecule has 0 saturated carbocycles. The maximum atomic E-state index is 11.6. The number of hydrogen-bond acceptors (Lipinski definition) is 4. The number of nitrogen functional groups attached to an aromatic ring is 1. The molecule has 1 aromatic heterocycles. The van der Waals surface area contributed by atoms with Crippen LogP contribution in [-0.4, -0.2) is 30.4 Å². The molecule has 1 heterocycles. The predicted molar refractivity (Wildman–Crippen MR) is 65.8 cm³/mol. The fourth-order valence-corrected chi connectivity index (χ4v) is 1.38. The number of anilines is 1. The molecule has 0 fully saturated rings. The minimum Gasteiger partial charge on any atom is -0.459 e. The summed E-state index contributed by atoms with van der Waals surface area (Å²) in [6.45, 7) is 5.49. The van der Waals surface area contributed by atoms with Gasteiger partial charge in [-0.2, -0.15) is 0 Å². The van der Waals surface area contributed by atoms with Crippen molar-refractivity contribution >= 4 is 11.7 Å². The number of carbonyl (C=O) groups is 1. The molecule has 5 nitrogen and oxygen atoms in total. The minimum atomic E-state index is -0.377. The van der Waals surface area contributed by atoms with Crippen LogP contribution < -0.4 is 5.73 Å². The third-order valence-corrected chi connectivity index (χ3v) is 2.15. The summed E-state index contributed by atoms with van der Waals surface area (Å²) < 4.78 is 12.0. The molecule has 0 saturated heterocycles. The Kier molecular flexibility index (Phi) is 5.03. The van der Waals surface area contributed by atoms with Gasteiger partial charge in [-0.1, -0.05) is 13.8 Å². The molecule has 0 amide bonds. The van der Waals surface area contributed by atoms with E-state index in [0.717, 1.165) is 0 Å². The van der Waals surface area contributed by atoms with Gasteiger partial charge in [-0.25, -0.2) is 4.79 Å². The first-order valence-electron chi connectivity index (χ1n) is 5.67. The van der Waals surface area contributed by atoms with Crippen LogP contribution in [0.4, 0.5) is 5.69 Å². The van der Waals surface area contributed by atoms with Crippen molar-refractivity contribution in [3.8, 4) is 0 Å². The van der Waals surface area contributed by atoms with Crippen molar-refractivity contribution in [2.45, 2.75) is 13.8 Å². The van der Waals surface area contributed by atoms with Crippen molar-refractivity contribution in [1.29, 1.82) is 0 Å². The smallest absolute Gasteiger partial charge is 0.355 e. The van der Waals surface area contributed by atoms with Gasteiger partial charge in [0.2, 0.25) is 0 Å². The van der Waals surface area contributed by atoms with Gasteiger partial charge in [0.1, 0.15) is 12.3 Å². The lowest BCUT2D eigenvalue weighted by Crippen LogP contribution is -2.14. The summed E-state index contributed by atoms with van der Waals surface area (Å²) in [5, 5.41) is 0.